The summed E-state index contributed by atoms with van der Waals surface area (Å²) in [5.41, 5.74) is 5.46. The van der Waals surface area contributed by atoms with Crippen molar-refractivity contribution in [3.8, 4) is 0 Å². The molecule has 118 valence electrons. The molecule has 1 fully saturated rings. The Morgan fingerprint density at radius 1 is 1.40 bits per heavy atom. The molecule has 0 aromatic carbocycles. The van der Waals surface area contributed by atoms with Crippen molar-refractivity contribution in [3.05, 3.63) is 0 Å². The Bertz CT molecular complexity index is 403. The molecular formula is C13H27N3O3S. The standard InChI is InChI=1S/C13H27N3O3S/c1-3-20(18,19)15-12-6-9-16(10-7-12)13(17)11(2)5-4-8-14/h11-12,15H,3-10,14H2,1-2H3. The average Bonchev–Trinajstić information content (AvgIpc) is 2.44. The highest BCUT2D eigenvalue weighted by Gasteiger charge is 2.27. The summed E-state index contributed by atoms with van der Waals surface area (Å²) in [6.45, 7) is 5.42. The fraction of sp³-hybridized carbons (Fsp3) is 0.923. The number of carbonyl (C=O) groups is 1. The number of amides is 1. The molecule has 1 saturated heterocycles. The average molecular weight is 305 g/mol. The monoisotopic (exact) mass is 305 g/mol. The zero-order valence-electron chi connectivity index (χ0n) is 12.5. The summed E-state index contributed by atoms with van der Waals surface area (Å²) in [7, 11) is -3.15. The summed E-state index contributed by atoms with van der Waals surface area (Å²) in [6, 6.07) is -0.0386. The maximum Gasteiger partial charge on any atom is 0.225 e. The van der Waals surface area contributed by atoms with E-state index < -0.39 is 10.0 Å². The lowest BCUT2D eigenvalue weighted by Crippen LogP contribution is -2.48. The number of nitrogens with one attached hydrogen (secondary N) is 1. The van der Waals surface area contributed by atoms with Crippen LogP contribution < -0.4 is 10.5 Å². The van der Waals surface area contributed by atoms with Gasteiger partial charge in [0.05, 0.1) is 5.75 Å². The van der Waals surface area contributed by atoms with Gasteiger partial charge in [0.25, 0.3) is 0 Å². The van der Waals surface area contributed by atoms with Gasteiger partial charge in [-0.25, -0.2) is 13.1 Å². The predicted molar refractivity (Wildman–Crippen MR) is 79.7 cm³/mol. The van der Waals surface area contributed by atoms with Crippen LogP contribution in [0.3, 0.4) is 0 Å². The molecule has 1 heterocycles. The van der Waals surface area contributed by atoms with Gasteiger partial charge in [0.2, 0.25) is 15.9 Å². The van der Waals surface area contributed by atoms with Crippen molar-refractivity contribution in [1.29, 1.82) is 0 Å². The van der Waals surface area contributed by atoms with Gasteiger partial charge < -0.3 is 10.6 Å². The molecule has 0 saturated carbocycles. The summed E-state index contributed by atoms with van der Waals surface area (Å²) in [6.07, 6.45) is 3.06. The quantitative estimate of drug-likeness (QED) is 0.707. The molecule has 1 amide bonds. The van der Waals surface area contributed by atoms with Crippen molar-refractivity contribution in [2.24, 2.45) is 11.7 Å². The van der Waals surface area contributed by atoms with Crippen molar-refractivity contribution >= 4 is 15.9 Å². The van der Waals surface area contributed by atoms with E-state index in [2.05, 4.69) is 4.72 Å². The highest BCUT2D eigenvalue weighted by molar-refractivity contribution is 7.89. The molecule has 3 N–H and O–H groups in total. The number of piperidine rings is 1. The Balaban J connectivity index is 2.40. The molecule has 0 bridgehead atoms. The predicted octanol–water partition coefficient (Wildman–Crippen LogP) is 0.292. The molecule has 0 radical (unpaired) electrons. The smallest absolute Gasteiger partial charge is 0.225 e. The molecule has 20 heavy (non-hydrogen) atoms. The van der Waals surface area contributed by atoms with E-state index >= 15 is 0 Å². The van der Waals surface area contributed by atoms with Crippen LogP contribution in [0.1, 0.15) is 39.5 Å². The van der Waals surface area contributed by atoms with Gasteiger partial charge in [0.1, 0.15) is 0 Å². The van der Waals surface area contributed by atoms with E-state index in [1.54, 1.807) is 6.92 Å². The minimum atomic E-state index is -3.15. The molecule has 1 aliphatic heterocycles. The Hall–Kier alpha value is -0.660. The van der Waals surface area contributed by atoms with Gasteiger partial charge in [-0.3, -0.25) is 4.79 Å². The first-order chi connectivity index (χ1) is 9.39. The number of hydrogen-bond acceptors (Lipinski definition) is 4. The van der Waals surface area contributed by atoms with E-state index in [-0.39, 0.29) is 23.6 Å². The summed E-state index contributed by atoms with van der Waals surface area (Å²) in [5.74, 6) is 0.264. The molecule has 0 spiro atoms. The van der Waals surface area contributed by atoms with Crippen molar-refractivity contribution < 1.29 is 13.2 Å². The molecule has 0 aromatic heterocycles. The first-order valence-corrected chi connectivity index (χ1v) is 9.03. The summed E-state index contributed by atoms with van der Waals surface area (Å²) in [4.78, 5) is 14.0. The van der Waals surface area contributed by atoms with E-state index in [1.165, 1.54) is 0 Å². The van der Waals surface area contributed by atoms with Crippen LogP contribution in [0.5, 0.6) is 0 Å². The lowest BCUT2D eigenvalue weighted by molar-refractivity contribution is -0.136. The van der Waals surface area contributed by atoms with Crippen LogP contribution >= 0.6 is 0 Å². The Kier molecular flexibility index (Phi) is 6.91. The van der Waals surface area contributed by atoms with Gasteiger partial charge in [0, 0.05) is 25.0 Å². The second kappa shape index (κ2) is 7.95. The van der Waals surface area contributed by atoms with Gasteiger partial charge in [-0.2, -0.15) is 0 Å². The fourth-order valence-corrected chi connectivity index (χ4v) is 3.32. The zero-order valence-corrected chi connectivity index (χ0v) is 13.3. The SMILES string of the molecule is CCS(=O)(=O)NC1CCN(C(=O)C(C)CCCN)CC1. The zero-order chi connectivity index (χ0) is 15.2. The molecule has 1 aliphatic rings. The molecule has 7 heteroatoms. The maximum absolute atomic E-state index is 12.2. The van der Waals surface area contributed by atoms with Crippen molar-refractivity contribution in [2.75, 3.05) is 25.4 Å². The molecule has 0 aliphatic carbocycles. The van der Waals surface area contributed by atoms with Gasteiger partial charge in [0.15, 0.2) is 0 Å². The number of nitrogens with zero attached hydrogens (tertiary/aromatic N) is 1. The summed E-state index contributed by atoms with van der Waals surface area (Å²) >= 11 is 0. The highest BCUT2D eigenvalue weighted by atomic mass is 32.2. The van der Waals surface area contributed by atoms with Crippen molar-refractivity contribution in [1.82, 2.24) is 9.62 Å². The van der Waals surface area contributed by atoms with E-state index in [4.69, 9.17) is 5.73 Å². The van der Waals surface area contributed by atoms with Crippen LogP contribution in [-0.2, 0) is 14.8 Å². The van der Waals surface area contributed by atoms with E-state index in [1.807, 2.05) is 11.8 Å². The van der Waals surface area contributed by atoms with Crippen LogP contribution in [0.2, 0.25) is 0 Å². The minimum Gasteiger partial charge on any atom is -0.342 e. The maximum atomic E-state index is 12.2. The van der Waals surface area contributed by atoms with Crippen LogP contribution in [0.4, 0.5) is 0 Å². The first-order valence-electron chi connectivity index (χ1n) is 7.38. The Labute approximate surface area is 122 Å². The van der Waals surface area contributed by atoms with E-state index in [0.717, 1.165) is 12.8 Å². The molecular weight excluding hydrogens is 278 g/mol. The van der Waals surface area contributed by atoms with Crippen LogP contribution in [0.25, 0.3) is 0 Å². The Morgan fingerprint density at radius 3 is 2.50 bits per heavy atom. The van der Waals surface area contributed by atoms with E-state index in [9.17, 15) is 13.2 Å². The lowest BCUT2D eigenvalue weighted by atomic mass is 10.0. The van der Waals surface area contributed by atoms with Gasteiger partial charge in [-0.05, 0) is 39.2 Å². The first kappa shape index (κ1) is 17.4. The van der Waals surface area contributed by atoms with Crippen LogP contribution in [0.15, 0.2) is 0 Å². The summed E-state index contributed by atoms with van der Waals surface area (Å²) < 4.78 is 25.7. The number of rotatable bonds is 7. The number of carbonyl (C=O) groups excluding carboxylic acids is 1. The van der Waals surface area contributed by atoms with E-state index in [0.29, 0.717) is 32.5 Å². The van der Waals surface area contributed by atoms with Gasteiger partial charge in [-0.15, -0.1) is 0 Å². The third kappa shape index (κ3) is 5.38. The minimum absolute atomic E-state index is 0.00225. The molecule has 6 nitrogen and oxygen atoms in total. The molecule has 1 atom stereocenters. The third-order valence-corrected chi connectivity index (χ3v) is 5.25. The topological polar surface area (TPSA) is 92.5 Å². The largest absolute Gasteiger partial charge is 0.342 e. The fourth-order valence-electron chi connectivity index (χ4n) is 2.41. The Morgan fingerprint density at radius 2 is 2.00 bits per heavy atom. The number of likely N-dealkylation sites (tertiary alicyclic amines) is 1. The highest BCUT2D eigenvalue weighted by Crippen LogP contribution is 2.16. The summed E-state index contributed by atoms with van der Waals surface area (Å²) in [5, 5.41) is 0. The number of sulfonamides is 1. The number of nitrogens with two attached hydrogens (primary N) is 1. The second-order valence-electron chi connectivity index (χ2n) is 5.45. The van der Waals surface area contributed by atoms with Gasteiger partial charge >= 0.3 is 0 Å². The molecule has 0 aromatic rings. The number of hydrogen-bond donors (Lipinski definition) is 2. The van der Waals surface area contributed by atoms with Gasteiger partial charge in [-0.1, -0.05) is 6.92 Å². The lowest BCUT2D eigenvalue weighted by Gasteiger charge is -2.33. The normalized spacial score (nSPS) is 19.1. The van der Waals surface area contributed by atoms with Crippen LogP contribution in [-0.4, -0.2) is 50.7 Å². The van der Waals surface area contributed by atoms with Crippen LogP contribution in [0, 0.1) is 5.92 Å². The molecule has 1 rings (SSSR count). The third-order valence-electron chi connectivity index (χ3n) is 3.80. The second-order valence-corrected chi connectivity index (χ2v) is 7.50. The molecule has 1 unspecified atom stereocenters. The van der Waals surface area contributed by atoms with Crippen molar-refractivity contribution in [3.63, 3.8) is 0 Å². The van der Waals surface area contributed by atoms with Crippen molar-refractivity contribution in [2.45, 2.75) is 45.6 Å².